The molecule has 0 spiro atoms. The van der Waals surface area contributed by atoms with Gasteiger partial charge in [0.1, 0.15) is 0 Å². The minimum absolute atomic E-state index is 0.0178. The van der Waals surface area contributed by atoms with Crippen LogP contribution in [-0.2, 0) is 9.53 Å². The Labute approximate surface area is 97.9 Å². The first-order valence-corrected chi connectivity index (χ1v) is 6.16. The normalized spacial score (nSPS) is 19.2. The molecule has 94 valence electrons. The van der Waals surface area contributed by atoms with Gasteiger partial charge in [-0.05, 0) is 37.5 Å². The number of ether oxygens (including phenoxy) is 1. The molecule has 4 nitrogen and oxygen atoms in total. The first-order valence-electron chi connectivity index (χ1n) is 6.16. The maximum atomic E-state index is 11.7. The largest absolute Gasteiger partial charge is 0.385 e. The van der Waals surface area contributed by atoms with Crippen molar-refractivity contribution in [1.29, 1.82) is 0 Å². The van der Waals surface area contributed by atoms with Crippen LogP contribution in [0.5, 0.6) is 0 Å². The summed E-state index contributed by atoms with van der Waals surface area (Å²) in [6, 6.07) is -0.386. The summed E-state index contributed by atoms with van der Waals surface area (Å²) >= 11 is 0. The van der Waals surface area contributed by atoms with Crippen molar-refractivity contribution in [1.82, 2.24) is 5.32 Å². The maximum absolute atomic E-state index is 11.7. The molecular formula is C12H24N2O2. The van der Waals surface area contributed by atoms with Crippen molar-refractivity contribution in [2.75, 3.05) is 20.3 Å². The average molecular weight is 228 g/mol. The van der Waals surface area contributed by atoms with Crippen LogP contribution in [0.4, 0.5) is 0 Å². The number of amides is 1. The van der Waals surface area contributed by atoms with Crippen LogP contribution < -0.4 is 11.1 Å². The van der Waals surface area contributed by atoms with E-state index in [2.05, 4.69) is 12.2 Å². The fraction of sp³-hybridized carbons (Fsp3) is 0.917. The predicted octanol–water partition coefficient (Wildman–Crippen LogP) is 1.05. The van der Waals surface area contributed by atoms with Crippen molar-refractivity contribution >= 4 is 5.91 Å². The lowest BCUT2D eigenvalue weighted by Gasteiger charge is -2.16. The number of nitrogens with two attached hydrogens (primary N) is 1. The van der Waals surface area contributed by atoms with Crippen molar-refractivity contribution in [3.8, 4) is 0 Å². The summed E-state index contributed by atoms with van der Waals surface area (Å²) in [6.45, 7) is 3.64. The molecule has 0 heterocycles. The van der Waals surface area contributed by atoms with Crippen molar-refractivity contribution in [3.63, 3.8) is 0 Å². The van der Waals surface area contributed by atoms with Gasteiger partial charge in [0.25, 0.3) is 0 Å². The number of carbonyl (C=O) groups excluding carboxylic acids is 1. The van der Waals surface area contributed by atoms with Gasteiger partial charge in [-0.15, -0.1) is 0 Å². The second kappa shape index (κ2) is 6.21. The zero-order valence-electron chi connectivity index (χ0n) is 10.4. The van der Waals surface area contributed by atoms with Gasteiger partial charge in [0.2, 0.25) is 5.91 Å². The van der Waals surface area contributed by atoms with Crippen LogP contribution in [0.3, 0.4) is 0 Å². The Morgan fingerprint density at radius 2 is 2.25 bits per heavy atom. The van der Waals surface area contributed by atoms with Gasteiger partial charge >= 0.3 is 0 Å². The van der Waals surface area contributed by atoms with E-state index in [1.807, 2.05) is 0 Å². The molecule has 1 rings (SSSR count). The third-order valence-electron chi connectivity index (χ3n) is 3.55. The van der Waals surface area contributed by atoms with E-state index in [9.17, 15) is 4.79 Å². The van der Waals surface area contributed by atoms with E-state index >= 15 is 0 Å². The van der Waals surface area contributed by atoms with Crippen LogP contribution >= 0.6 is 0 Å². The lowest BCUT2D eigenvalue weighted by molar-refractivity contribution is -0.122. The topological polar surface area (TPSA) is 64.4 Å². The molecule has 0 aromatic heterocycles. The molecule has 0 bridgehead atoms. The smallest absolute Gasteiger partial charge is 0.236 e. The molecule has 16 heavy (non-hydrogen) atoms. The Morgan fingerprint density at radius 3 is 2.75 bits per heavy atom. The molecule has 1 unspecified atom stereocenters. The molecule has 0 aliphatic heterocycles. The quantitative estimate of drug-likeness (QED) is 0.610. The fourth-order valence-corrected chi connectivity index (χ4v) is 1.82. The first-order chi connectivity index (χ1) is 7.63. The van der Waals surface area contributed by atoms with E-state index in [4.69, 9.17) is 10.5 Å². The molecule has 3 N–H and O–H groups in total. The molecule has 0 aromatic carbocycles. The molecule has 1 aliphatic carbocycles. The number of hydrogen-bond donors (Lipinski definition) is 2. The van der Waals surface area contributed by atoms with Crippen LogP contribution in [0, 0.1) is 5.41 Å². The van der Waals surface area contributed by atoms with Crippen LogP contribution in [0.2, 0.25) is 0 Å². The predicted molar refractivity (Wildman–Crippen MR) is 64.1 cm³/mol. The molecule has 1 saturated carbocycles. The van der Waals surface area contributed by atoms with Gasteiger partial charge in [-0.1, -0.05) is 6.92 Å². The Bertz CT molecular complexity index is 227. The van der Waals surface area contributed by atoms with E-state index in [-0.39, 0.29) is 11.9 Å². The van der Waals surface area contributed by atoms with E-state index in [1.54, 1.807) is 7.11 Å². The summed E-state index contributed by atoms with van der Waals surface area (Å²) in [5.41, 5.74) is 6.17. The number of carbonyl (C=O) groups is 1. The monoisotopic (exact) mass is 228 g/mol. The van der Waals surface area contributed by atoms with Crippen molar-refractivity contribution in [3.05, 3.63) is 0 Å². The fourth-order valence-electron chi connectivity index (χ4n) is 1.82. The Morgan fingerprint density at radius 1 is 1.56 bits per heavy atom. The maximum Gasteiger partial charge on any atom is 0.236 e. The van der Waals surface area contributed by atoms with E-state index in [0.29, 0.717) is 18.4 Å². The zero-order valence-corrected chi connectivity index (χ0v) is 10.4. The first kappa shape index (κ1) is 13.5. The molecular weight excluding hydrogens is 204 g/mol. The van der Waals surface area contributed by atoms with Gasteiger partial charge < -0.3 is 15.8 Å². The summed E-state index contributed by atoms with van der Waals surface area (Å²) in [5, 5.41) is 2.96. The summed E-state index contributed by atoms with van der Waals surface area (Å²) in [6.07, 6.45) is 5.15. The van der Waals surface area contributed by atoms with Crippen LogP contribution in [0.1, 0.15) is 39.0 Å². The molecule has 1 atom stereocenters. The Kier molecular flexibility index (Phi) is 5.22. The molecule has 1 amide bonds. The summed E-state index contributed by atoms with van der Waals surface area (Å²) in [5.74, 6) is -0.0178. The number of hydrogen-bond acceptors (Lipinski definition) is 3. The second-order valence-electron chi connectivity index (χ2n) is 4.81. The minimum atomic E-state index is -0.386. The third kappa shape index (κ3) is 4.10. The SMILES string of the molecule is CCC1(CNC(=O)C(N)CCCOC)CC1. The Balaban J connectivity index is 2.13. The van der Waals surface area contributed by atoms with Gasteiger partial charge in [-0.3, -0.25) is 4.79 Å². The van der Waals surface area contributed by atoms with Gasteiger partial charge in [-0.2, -0.15) is 0 Å². The lowest BCUT2D eigenvalue weighted by atomic mass is 10.0. The highest BCUT2D eigenvalue weighted by Crippen LogP contribution is 2.47. The van der Waals surface area contributed by atoms with Gasteiger partial charge in [0.05, 0.1) is 6.04 Å². The highest BCUT2D eigenvalue weighted by Gasteiger charge is 2.40. The van der Waals surface area contributed by atoms with Gasteiger partial charge in [-0.25, -0.2) is 0 Å². The van der Waals surface area contributed by atoms with Crippen LogP contribution in [-0.4, -0.2) is 32.2 Å². The average Bonchev–Trinajstić information content (AvgIpc) is 3.07. The van der Waals surface area contributed by atoms with E-state index < -0.39 is 0 Å². The molecule has 4 heteroatoms. The number of nitrogens with one attached hydrogen (secondary N) is 1. The van der Waals surface area contributed by atoms with Crippen LogP contribution in [0.15, 0.2) is 0 Å². The number of rotatable bonds is 8. The Hall–Kier alpha value is -0.610. The van der Waals surface area contributed by atoms with Gasteiger partial charge in [0.15, 0.2) is 0 Å². The number of methoxy groups -OCH3 is 1. The highest BCUT2D eigenvalue weighted by atomic mass is 16.5. The summed E-state index contributed by atoms with van der Waals surface area (Å²) < 4.78 is 4.93. The molecule has 0 saturated heterocycles. The van der Waals surface area contributed by atoms with Gasteiger partial charge in [0, 0.05) is 20.3 Å². The highest BCUT2D eigenvalue weighted by molar-refractivity contribution is 5.81. The van der Waals surface area contributed by atoms with Crippen molar-refractivity contribution in [2.45, 2.75) is 45.1 Å². The summed E-state index contributed by atoms with van der Waals surface area (Å²) in [7, 11) is 1.66. The molecule has 0 aromatic rings. The molecule has 0 radical (unpaired) electrons. The molecule has 1 aliphatic rings. The van der Waals surface area contributed by atoms with Crippen molar-refractivity contribution < 1.29 is 9.53 Å². The standard InChI is InChI=1S/C12H24N2O2/c1-3-12(6-7-12)9-14-11(15)10(13)5-4-8-16-2/h10H,3-9,13H2,1-2H3,(H,14,15). The third-order valence-corrected chi connectivity index (χ3v) is 3.55. The van der Waals surface area contributed by atoms with E-state index in [0.717, 1.165) is 19.4 Å². The lowest BCUT2D eigenvalue weighted by Crippen LogP contribution is -2.42. The second-order valence-corrected chi connectivity index (χ2v) is 4.81. The van der Waals surface area contributed by atoms with Crippen LogP contribution in [0.25, 0.3) is 0 Å². The van der Waals surface area contributed by atoms with Crippen molar-refractivity contribution in [2.24, 2.45) is 11.1 Å². The minimum Gasteiger partial charge on any atom is -0.385 e. The van der Waals surface area contributed by atoms with E-state index in [1.165, 1.54) is 12.8 Å². The summed E-state index contributed by atoms with van der Waals surface area (Å²) in [4.78, 5) is 11.7. The zero-order chi connectivity index (χ0) is 12.0. The molecule has 1 fully saturated rings.